The molecule has 32 heavy (non-hydrogen) atoms. The Morgan fingerprint density at radius 1 is 1.28 bits per heavy atom. The molecular formula is C22H18FN3O3S3. The van der Waals surface area contributed by atoms with Gasteiger partial charge >= 0.3 is 0 Å². The van der Waals surface area contributed by atoms with Gasteiger partial charge in [0.15, 0.2) is 5.13 Å². The number of carbonyl (C=O) groups excluding carboxylic acids is 2. The Labute approximate surface area is 197 Å². The molecule has 1 aromatic heterocycles. The van der Waals surface area contributed by atoms with Crippen LogP contribution in [0.2, 0.25) is 0 Å². The van der Waals surface area contributed by atoms with Crippen LogP contribution in [0, 0.1) is 5.82 Å². The molecule has 1 saturated heterocycles. The van der Waals surface area contributed by atoms with E-state index in [0.717, 1.165) is 16.0 Å². The number of thiazole rings is 1. The summed E-state index contributed by atoms with van der Waals surface area (Å²) in [5.74, 6) is -0.112. The monoisotopic (exact) mass is 487 g/mol. The number of nitrogens with zero attached hydrogens (tertiary/aromatic N) is 2. The molecule has 0 saturated carbocycles. The Bertz CT molecular complexity index is 1220. The van der Waals surface area contributed by atoms with Gasteiger partial charge in [0.05, 0.1) is 21.7 Å². The van der Waals surface area contributed by atoms with Crippen LogP contribution < -0.4 is 10.1 Å². The number of ether oxygens (including phenoxy) is 1. The summed E-state index contributed by atoms with van der Waals surface area (Å²) in [6, 6.07) is 11.4. The molecule has 0 aliphatic carbocycles. The number of thiocarbonyl (C=S) groups is 1. The van der Waals surface area contributed by atoms with Crippen LogP contribution in [0.5, 0.6) is 5.75 Å². The van der Waals surface area contributed by atoms with Crippen LogP contribution in [0.1, 0.15) is 18.9 Å². The number of benzene rings is 2. The number of hydrogen-bond acceptors (Lipinski definition) is 7. The summed E-state index contributed by atoms with van der Waals surface area (Å²) in [6.45, 7) is 2.65. The molecule has 2 aromatic carbocycles. The van der Waals surface area contributed by atoms with Gasteiger partial charge in [-0.2, -0.15) is 0 Å². The standard InChI is InChI=1S/C22H18FN3O3S3/c1-2-29-15-7-8-16-17(12-15)31-21(24-16)25-19(27)9-10-26-20(28)18(32-22(26)30)11-13-3-5-14(23)6-4-13/h3-8,11-12H,2,9-10H2,1H3,(H,24,25,27)/b18-11-. The molecule has 0 spiro atoms. The van der Waals surface area contributed by atoms with Gasteiger partial charge in [0.2, 0.25) is 5.91 Å². The van der Waals surface area contributed by atoms with Gasteiger partial charge < -0.3 is 10.1 Å². The van der Waals surface area contributed by atoms with Gasteiger partial charge in [0.25, 0.3) is 5.91 Å². The summed E-state index contributed by atoms with van der Waals surface area (Å²) in [7, 11) is 0. The Balaban J connectivity index is 1.36. The molecule has 2 amide bonds. The van der Waals surface area contributed by atoms with E-state index in [0.29, 0.717) is 26.5 Å². The maximum atomic E-state index is 13.1. The number of nitrogens with one attached hydrogen (secondary N) is 1. The van der Waals surface area contributed by atoms with Crippen LogP contribution in [0.3, 0.4) is 0 Å². The van der Waals surface area contributed by atoms with Crippen molar-refractivity contribution < 1.29 is 18.7 Å². The topological polar surface area (TPSA) is 71.5 Å². The molecule has 164 valence electrons. The number of rotatable bonds is 7. The van der Waals surface area contributed by atoms with E-state index in [-0.39, 0.29) is 30.6 Å². The first-order valence-electron chi connectivity index (χ1n) is 9.77. The average molecular weight is 488 g/mol. The van der Waals surface area contributed by atoms with Crippen LogP contribution in [0.25, 0.3) is 16.3 Å². The largest absolute Gasteiger partial charge is 0.494 e. The third-order valence-electron chi connectivity index (χ3n) is 4.52. The molecule has 0 bridgehead atoms. The fraction of sp³-hybridized carbons (Fsp3) is 0.182. The molecule has 1 fully saturated rings. The van der Waals surface area contributed by atoms with Crippen molar-refractivity contribution in [3.05, 3.63) is 58.8 Å². The van der Waals surface area contributed by atoms with Crippen LogP contribution in [0.15, 0.2) is 47.4 Å². The molecule has 0 radical (unpaired) electrons. The fourth-order valence-electron chi connectivity index (χ4n) is 3.01. The van der Waals surface area contributed by atoms with Gasteiger partial charge in [-0.05, 0) is 48.9 Å². The zero-order valence-electron chi connectivity index (χ0n) is 17.0. The number of carbonyl (C=O) groups is 2. The summed E-state index contributed by atoms with van der Waals surface area (Å²) in [5, 5.41) is 3.27. The molecule has 1 aliphatic heterocycles. The maximum absolute atomic E-state index is 13.1. The van der Waals surface area contributed by atoms with E-state index in [9.17, 15) is 14.0 Å². The highest BCUT2D eigenvalue weighted by atomic mass is 32.2. The number of fused-ring (bicyclic) bond motifs is 1. The molecule has 1 aliphatic rings. The molecule has 6 nitrogen and oxygen atoms in total. The smallest absolute Gasteiger partial charge is 0.266 e. The van der Waals surface area contributed by atoms with E-state index in [1.165, 1.54) is 40.1 Å². The second kappa shape index (κ2) is 9.76. The Morgan fingerprint density at radius 2 is 2.06 bits per heavy atom. The number of thioether (sulfide) groups is 1. The number of anilines is 1. The Kier molecular flexibility index (Phi) is 6.83. The van der Waals surface area contributed by atoms with E-state index in [1.54, 1.807) is 18.2 Å². The lowest BCUT2D eigenvalue weighted by atomic mass is 10.2. The van der Waals surface area contributed by atoms with Crippen molar-refractivity contribution >= 4 is 72.9 Å². The van der Waals surface area contributed by atoms with Crippen LogP contribution >= 0.6 is 35.3 Å². The lowest BCUT2D eigenvalue weighted by molar-refractivity contribution is -0.122. The number of aromatic nitrogens is 1. The van der Waals surface area contributed by atoms with E-state index < -0.39 is 0 Å². The second-order valence-electron chi connectivity index (χ2n) is 6.76. The first-order valence-corrected chi connectivity index (χ1v) is 11.8. The van der Waals surface area contributed by atoms with Crippen LogP contribution in [0.4, 0.5) is 9.52 Å². The van der Waals surface area contributed by atoms with E-state index in [2.05, 4.69) is 10.3 Å². The van der Waals surface area contributed by atoms with Crippen molar-refractivity contribution in [1.82, 2.24) is 9.88 Å². The van der Waals surface area contributed by atoms with Gasteiger partial charge in [-0.1, -0.05) is 47.4 Å². The molecule has 0 unspecified atom stereocenters. The summed E-state index contributed by atoms with van der Waals surface area (Å²) < 4.78 is 19.9. The fourth-order valence-corrected chi connectivity index (χ4v) is 5.23. The van der Waals surface area contributed by atoms with E-state index in [1.807, 2.05) is 25.1 Å². The molecule has 4 rings (SSSR count). The van der Waals surface area contributed by atoms with Gasteiger partial charge in [0.1, 0.15) is 15.9 Å². The van der Waals surface area contributed by atoms with Crippen LogP contribution in [-0.2, 0) is 9.59 Å². The van der Waals surface area contributed by atoms with Crippen molar-refractivity contribution in [2.75, 3.05) is 18.5 Å². The first kappa shape index (κ1) is 22.4. The van der Waals surface area contributed by atoms with Gasteiger partial charge in [-0.3, -0.25) is 14.5 Å². The normalized spacial score (nSPS) is 15.1. The molecular weight excluding hydrogens is 469 g/mol. The molecule has 3 aromatic rings. The van der Waals surface area contributed by atoms with Crippen molar-refractivity contribution in [2.24, 2.45) is 0 Å². The highest BCUT2D eigenvalue weighted by Crippen LogP contribution is 2.33. The van der Waals surface area contributed by atoms with Crippen molar-refractivity contribution in [3.63, 3.8) is 0 Å². The second-order valence-corrected chi connectivity index (χ2v) is 9.47. The van der Waals surface area contributed by atoms with Gasteiger partial charge in [-0.25, -0.2) is 9.37 Å². The minimum atomic E-state index is -0.344. The lowest BCUT2D eigenvalue weighted by Gasteiger charge is -2.13. The van der Waals surface area contributed by atoms with Crippen molar-refractivity contribution in [1.29, 1.82) is 0 Å². The quantitative estimate of drug-likeness (QED) is 0.371. The Hall–Kier alpha value is -2.82. The highest BCUT2D eigenvalue weighted by molar-refractivity contribution is 8.26. The summed E-state index contributed by atoms with van der Waals surface area (Å²) in [6.07, 6.45) is 1.74. The minimum Gasteiger partial charge on any atom is -0.494 e. The van der Waals surface area contributed by atoms with Crippen molar-refractivity contribution in [3.8, 4) is 5.75 Å². The van der Waals surface area contributed by atoms with Gasteiger partial charge in [0, 0.05) is 13.0 Å². The molecule has 2 heterocycles. The third kappa shape index (κ3) is 5.14. The predicted molar refractivity (Wildman–Crippen MR) is 130 cm³/mol. The highest BCUT2D eigenvalue weighted by Gasteiger charge is 2.32. The summed E-state index contributed by atoms with van der Waals surface area (Å²) in [4.78, 5) is 31.4. The minimum absolute atomic E-state index is 0.0798. The van der Waals surface area contributed by atoms with E-state index >= 15 is 0 Å². The maximum Gasteiger partial charge on any atom is 0.266 e. The molecule has 1 N–H and O–H groups in total. The average Bonchev–Trinajstić information content (AvgIpc) is 3.27. The summed E-state index contributed by atoms with van der Waals surface area (Å²) >= 11 is 7.83. The molecule has 0 atom stereocenters. The zero-order valence-corrected chi connectivity index (χ0v) is 19.4. The first-order chi connectivity index (χ1) is 15.4. The summed E-state index contributed by atoms with van der Waals surface area (Å²) in [5.41, 5.74) is 1.48. The van der Waals surface area contributed by atoms with Crippen molar-refractivity contribution in [2.45, 2.75) is 13.3 Å². The SMILES string of the molecule is CCOc1ccc2nc(NC(=O)CCN3C(=O)/C(=C/c4ccc(F)cc4)SC3=S)sc2c1. The van der Waals surface area contributed by atoms with E-state index in [4.69, 9.17) is 17.0 Å². The number of amides is 2. The predicted octanol–water partition coefficient (Wildman–Crippen LogP) is 5.06. The van der Waals surface area contributed by atoms with Gasteiger partial charge in [-0.15, -0.1) is 0 Å². The third-order valence-corrected chi connectivity index (χ3v) is 6.83. The van der Waals surface area contributed by atoms with Crippen LogP contribution in [-0.4, -0.2) is 39.2 Å². The zero-order chi connectivity index (χ0) is 22.7. The number of halogens is 1. The lowest BCUT2D eigenvalue weighted by Crippen LogP contribution is -2.31. The Morgan fingerprint density at radius 3 is 2.81 bits per heavy atom. The number of hydrogen-bond donors (Lipinski definition) is 1. The molecule has 10 heteroatoms.